The summed E-state index contributed by atoms with van der Waals surface area (Å²) in [4.78, 5) is 14.3. The van der Waals surface area contributed by atoms with Crippen molar-refractivity contribution in [3.8, 4) is 0 Å². The highest BCUT2D eigenvalue weighted by molar-refractivity contribution is 5.79. The molecule has 0 radical (unpaired) electrons. The zero-order valence-corrected chi connectivity index (χ0v) is 10.4. The molecule has 98 valence electrons. The molecular formula is C13H23NO3. The Morgan fingerprint density at radius 2 is 2.12 bits per heavy atom. The van der Waals surface area contributed by atoms with E-state index < -0.39 is 0 Å². The summed E-state index contributed by atoms with van der Waals surface area (Å²) in [7, 11) is 0. The van der Waals surface area contributed by atoms with Crippen molar-refractivity contribution in [2.75, 3.05) is 26.4 Å². The van der Waals surface area contributed by atoms with E-state index in [9.17, 15) is 9.90 Å². The van der Waals surface area contributed by atoms with Gasteiger partial charge in [0, 0.05) is 13.2 Å². The summed E-state index contributed by atoms with van der Waals surface area (Å²) in [5, 5.41) is 9.41. The molecule has 2 unspecified atom stereocenters. The molecule has 0 bridgehead atoms. The van der Waals surface area contributed by atoms with Gasteiger partial charge in [-0.05, 0) is 25.7 Å². The van der Waals surface area contributed by atoms with Gasteiger partial charge in [-0.15, -0.1) is 0 Å². The first kappa shape index (κ1) is 12.8. The number of aliphatic hydroxyl groups is 1. The average Bonchev–Trinajstić information content (AvgIpc) is 2.64. The van der Waals surface area contributed by atoms with Gasteiger partial charge in [-0.3, -0.25) is 4.79 Å². The van der Waals surface area contributed by atoms with E-state index in [0.29, 0.717) is 6.61 Å². The first-order valence-corrected chi connectivity index (χ1v) is 6.82. The van der Waals surface area contributed by atoms with E-state index in [0.717, 1.165) is 45.3 Å². The smallest absolute Gasteiger partial charge is 0.228 e. The number of likely N-dealkylation sites (tertiary alicyclic amines) is 1. The van der Waals surface area contributed by atoms with Crippen LogP contribution in [0.25, 0.3) is 0 Å². The van der Waals surface area contributed by atoms with Crippen LogP contribution in [-0.2, 0) is 9.53 Å². The highest BCUT2D eigenvalue weighted by Crippen LogP contribution is 2.22. The van der Waals surface area contributed by atoms with Gasteiger partial charge < -0.3 is 14.7 Å². The fourth-order valence-corrected chi connectivity index (χ4v) is 2.83. The molecule has 2 aliphatic rings. The standard InChI is InChI=1S/C13H23NO3/c15-9-12-6-2-1-3-7-14(12)13(16)11-5-4-8-17-10-11/h11-12,15H,1-10H2. The van der Waals surface area contributed by atoms with Gasteiger partial charge in [-0.25, -0.2) is 0 Å². The van der Waals surface area contributed by atoms with Crippen LogP contribution >= 0.6 is 0 Å². The van der Waals surface area contributed by atoms with Gasteiger partial charge in [0.15, 0.2) is 0 Å². The largest absolute Gasteiger partial charge is 0.394 e. The Kier molecular flexibility index (Phi) is 4.80. The number of rotatable bonds is 2. The summed E-state index contributed by atoms with van der Waals surface area (Å²) < 4.78 is 5.38. The lowest BCUT2D eigenvalue weighted by Crippen LogP contribution is -2.46. The predicted octanol–water partition coefficient (Wildman–Crippen LogP) is 1.18. The fraction of sp³-hybridized carbons (Fsp3) is 0.923. The van der Waals surface area contributed by atoms with E-state index in [1.165, 1.54) is 6.42 Å². The van der Waals surface area contributed by atoms with Crippen molar-refractivity contribution in [1.82, 2.24) is 4.90 Å². The zero-order valence-electron chi connectivity index (χ0n) is 10.4. The third-order valence-corrected chi connectivity index (χ3v) is 3.88. The quantitative estimate of drug-likeness (QED) is 0.789. The normalized spacial score (nSPS) is 31.0. The number of hydrogen-bond donors (Lipinski definition) is 1. The molecule has 0 aromatic rings. The number of hydrogen-bond acceptors (Lipinski definition) is 3. The number of carbonyl (C=O) groups excluding carboxylic acids is 1. The molecule has 17 heavy (non-hydrogen) atoms. The first-order chi connectivity index (χ1) is 8.33. The molecule has 0 aromatic heterocycles. The molecule has 2 atom stereocenters. The van der Waals surface area contributed by atoms with Crippen LogP contribution in [0.5, 0.6) is 0 Å². The predicted molar refractivity (Wildman–Crippen MR) is 64.6 cm³/mol. The fourth-order valence-electron chi connectivity index (χ4n) is 2.83. The Bertz CT molecular complexity index is 251. The van der Waals surface area contributed by atoms with E-state index in [2.05, 4.69) is 0 Å². The summed E-state index contributed by atoms with van der Waals surface area (Å²) in [6, 6.07) is 0.0342. The maximum Gasteiger partial charge on any atom is 0.228 e. The van der Waals surface area contributed by atoms with Crippen molar-refractivity contribution < 1.29 is 14.6 Å². The zero-order chi connectivity index (χ0) is 12.1. The third kappa shape index (κ3) is 3.19. The molecule has 4 nitrogen and oxygen atoms in total. The minimum Gasteiger partial charge on any atom is -0.394 e. The number of aliphatic hydroxyl groups excluding tert-OH is 1. The van der Waals surface area contributed by atoms with Crippen molar-refractivity contribution in [3.05, 3.63) is 0 Å². The van der Waals surface area contributed by atoms with Gasteiger partial charge in [0.25, 0.3) is 0 Å². The van der Waals surface area contributed by atoms with Crippen LogP contribution in [0.3, 0.4) is 0 Å². The molecule has 1 N–H and O–H groups in total. The van der Waals surface area contributed by atoms with Crippen molar-refractivity contribution in [2.45, 2.75) is 44.6 Å². The number of carbonyl (C=O) groups is 1. The molecule has 2 rings (SSSR count). The van der Waals surface area contributed by atoms with E-state index in [-0.39, 0.29) is 24.5 Å². The van der Waals surface area contributed by atoms with Crippen LogP contribution in [0.1, 0.15) is 38.5 Å². The van der Waals surface area contributed by atoms with E-state index in [4.69, 9.17) is 4.74 Å². The molecule has 2 fully saturated rings. The molecule has 0 aliphatic carbocycles. The van der Waals surface area contributed by atoms with Crippen LogP contribution < -0.4 is 0 Å². The van der Waals surface area contributed by atoms with E-state index in [1.54, 1.807) is 0 Å². The first-order valence-electron chi connectivity index (χ1n) is 6.82. The van der Waals surface area contributed by atoms with Crippen LogP contribution in [0.4, 0.5) is 0 Å². The van der Waals surface area contributed by atoms with Gasteiger partial charge >= 0.3 is 0 Å². The maximum atomic E-state index is 12.4. The lowest BCUT2D eigenvalue weighted by Gasteiger charge is -2.33. The molecule has 0 saturated carbocycles. The number of amides is 1. The molecule has 1 amide bonds. The van der Waals surface area contributed by atoms with Gasteiger partial charge in [-0.1, -0.05) is 12.8 Å². The highest BCUT2D eigenvalue weighted by Gasteiger charge is 2.31. The Labute approximate surface area is 103 Å². The van der Waals surface area contributed by atoms with Crippen molar-refractivity contribution >= 4 is 5.91 Å². The monoisotopic (exact) mass is 241 g/mol. The highest BCUT2D eigenvalue weighted by atomic mass is 16.5. The van der Waals surface area contributed by atoms with Gasteiger partial charge in [0.05, 0.1) is 25.2 Å². The van der Waals surface area contributed by atoms with Gasteiger partial charge in [0.2, 0.25) is 5.91 Å². The Morgan fingerprint density at radius 1 is 1.24 bits per heavy atom. The molecule has 0 spiro atoms. The Morgan fingerprint density at radius 3 is 2.82 bits per heavy atom. The maximum absolute atomic E-state index is 12.4. The average molecular weight is 241 g/mol. The lowest BCUT2D eigenvalue weighted by atomic mass is 9.99. The molecule has 2 heterocycles. The van der Waals surface area contributed by atoms with Crippen LogP contribution in [0, 0.1) is 5.92 Å². The van der Waals surface area contributed by atoms with Crippen LogP contribution in [0.2, 0.25) is 0 Å². The lowest BCUT2D eigenvalue weighted by molar-refractivity contribution is -0.143. The van der Waals surface area contributed by atoms with Crippen LogP contribution in [-0.4, -0.2) is 48.3 Å². The van der Waals surface area contributed by atoms with Gasteiger partial charge in [0.1, 0.15) is 0 Å². The second-order valence-corrected chi connectivity index (χ2v) is 5.13. The Hall–Kier alpha value is -0.610. The summed E-state index contributed by atoms with van der Waals surface area (Å²) in [5.74, 6) is 0.224. The second-order valence-electron chi connectivity index (χ2n) is 5.13. The summed E-state index contributed by atoms with van der Waals surface area (Å²) in [6.07, 6.45) is 6.21. The summed E-state index contributed by atoms with van der Waals surface area (Å²) in [5.41, 5.74) is 0. The number of ether oxygens (including phenoxy) is 1. The van der Waals surface area contributed by atoms with Crippen molar-refractivity contribution in [2.24, 2.45) is 5.92 Å². The summed E-state index contributed by atoms with van der Waals surface area (Å²) >= 11 is 0. The molecule has 2 saturated heterocycles. The number of nitrogens with zero attached hydrogens (tertiary/aromatic N) is 1. The minimum atomic E-state index is 0.0240. The molecular weight excluding hydrogens is 218 g/mol. The summed E-state index contributed by atoms with van der Waals surface area (Å²) in [6.45, 7) is 2.25. The van der Waals surface area contributed by atoms with Crippen molar-refractivity contribution in [1.29, 1.82) is 0 Å². The molecule has 2 aliphatic heterocycles. The second kappa shape index (κ2) is 6.36. The molecule has 4 heteroatoms. The van der Waals surface area contributed by atoms with Crippen LogP contribution in [0.15, 0.2) is 0 Å². The topological polar surface area (TPSA) is 49.8 Å². The van der Waals surface area contributed by atoms with Gasteiger partial charge in [-0.2, -0.15) is 0 Å². The minimum absolute atomic E-state index is 0.0240. The Balaban J connectivity index is 1.98. The van der Waals surface area contributed by atoms with E-state index >= 15 is 0 Å². The van der Waals surface area contributed by atoms with E-state index in [1.807, 2.05) is 4.90 Å². The van der Waals surface area contributed by atoms with Crippen molar-refractivity contribution in [3.63, 3.8) is 0 Å². The SMILES string of the molecule is O=C(C1CCCOC1)N1CCCCCC1CO. The third-order valence-electron chi connectivity index (χ3n) is 3.88. The molecule has 0 aromatic carbocycles.